The summed E-state index contributed by atoms with van der Waals surface area (Å²) in [7, 11) is 0. The molecule has 17 heavy (non-hydrogen) atoms. The van der Waals surface area contributed by atoms with Crippen LogP contribution in [0.15, 0.2) is 24.3 Å². The average Bonchev–Trinajstić information content (AvgIpc) is 2.30. The number of anilines is 1. The van der Waals surface area contributed by atoms with Crippen LogP contribution in [0.2, 0.25) is 0 Å². The van der Waals surface area contributed by atoms with E-state index in [-0.39, 0.29) is 18.0 Å². The topological polar surface area (TPSA) is 32.3 Å². The second kappa shape index (κ2) is 6.01. The minimum absolute atomic E-state index is 0.0666. The Labute approximate surface area is 103 Å². The number of aliphatic hydroxyl groups excluding tert-OH is 1. The van der Waals surface area contributed by atoms with E-state index in [1.165, 1.54) is 12.1 Å². The quantitative estimate of drug-likeness (QED) is 0.797. The largest absolute Gasteiger partial charge is 0.394 e. The summed E-state index contributed by atoms with van der Waals surface area (Å²) < 4.78 is 12.8. The Balaban J connectivity index is 2.64. The lowest BCUT2D eigenvalue weighted by Gasteiger charge is -2.30. The molecule has 0 saturated carbocycles. The fourth-order valence-electron chi connectivity index (χ4n) is 1.67. The molecule has 0 aliphatic heterocycles. The molecule has 0 aromatic heterocycles. The summed E-state index contributed by atoms with van der Waals surface area (Å²) >= 11 is 0. The third-order valence-corrected chi connectivity index (χ3v) is 2.91. The predicted molar refractivity (Wildman–Crippen MR) is 69.6 cm³/mol. The summed E-state index contributed by atoms with van der Waals surface area (Å²) in [5, 5.41) is 12.7. The molecule has 0 amide bonds. The maximum absolute atomic E-state index is 12.8. The van der Waals surface area contributed by atoms with E-state index in [1.807, 2.05) is 6.92 Å². The summed E-state index contributed by atoms with van der Waals surface area (Å²) in [6.07, 6.45) is 1.93. The van der Waals surface area contributed by atoms with Gasteiger partial charge >= 0.3 is 0 Å². The normalized spacial score (nSPS) is 14.7. The number of halogens is 1. The van der Waals surface area contributed by atoms with Crippen molar-refractivity contribution in [3.63, 3.8) is 0 Å². The fourth-order valence-corrected chi connectivity index (χ4v) is 1.67. The molecule has 0 spiro atoms. The van der Waals surface area contributed by atoms with Gasteiger partial charge in [0.25, 0.3) is 0 Å². The van der Waals surface area contributed by atoms with Gasteiger partial charge in [0.2, 0.25) is 0 Å². The second-order valence-corrected chi connectivity index (χ2v) is 5.28. The van der Waals surface area contributed by atoms with Crippen molar-refractivity contribution in [2.24, 2.45) is 5.92 Å². The van der Waals surface area contributed by atoms with Crippen molar-refractivity contribution < 1.29 is 9.50 Å². The molecule has 0 radical (unpaired) electrons. The van der Waals surface area contributed by atoms with Crippen molar-refractivity contribution in [1.29, 1.82) is 0 Å². The van der Waals surface area contributed by atoms with Crippen LogP contribution in [0, 0.1) is 11.7 Å². The summed E-state index contributed by atoms with van der Waals surface area (Å²) in [5.74, 6) is 0.360. The highest BCUT2D eigenvalue weighted by Gasteiger charge is 2.22. The van der Waals surface area contributed by atoms with Crippen LogP contribution in [0.1, 0.15) is 33.6 Å². The third kappa shape index (κ3) is 4.73. The van der Waals surface area contributed by atoms with E-state index >= 15 is 0 Å². The van der Waals surface area contributed by atoms with Gasteiger partial charge in [-0.3, -0.25) is 0 Å². The SMILES string of the molecule is CC(C)CCC(C)(CO)Nc1ccc(F)cc1. The average molecular weight is 239 g/mol. The van der Waals surface area contributed by atoms with E-state index in [4.69, 9.17) is 0 Å². The number of aliphatic hydroxyl groups is 1. The van der Waals surface area contributed by atoms with Crippen LogP contribution in [-0.2, 0) is 0 Å². The predicted octanol–water partition coefficient (Wildman–Crippen LogP) is 3.42. The molecule has 96 valence electrons. The first-order valence-corrected chi connectivity index (χ1v) is 6.10. The molecule has 0 aliphatic rings. The van der Waals surface area contributed by atoms with E-state index in [0.717, 1.165) is 18.5 Å². The summed E-state index contributed by atoms with van der Waals surface area (Å²) in [5.41, 5.74) is 0.494. The van der Waals surface area contributed by atoms with Crippen molar-refractivity contribution in [2.45, 2.75) is 39.2 Å². The zero-order valence-electron chi connectivity index (χ0n) is 10.8. The molecule has 0 fully saturated rings. The van der Waals surface area contributed by atoms with Gasteiger partial charge in [-0.2, -0.15) is 0 Å². The van der Waals surface area contributed by atoms with E-state index in [2.05, 4.69) is 19.2 Å². The Morgan fingerprint density at radius 3 is 2.35 bits per heavy atom. The number of nitrogens with one attached hydrogen (secondary N) is 1. The van der Waals surface area contributed by atoms with Crippen molar-refractivity contribution >= 4 is 5.69 Å². The Bertz CT molecular complexity index is 337. The van der Waals surface area contributed by atoms with Gasteiger partial charge in [-0.1, -0.05) is 13.8 Å². The lowest BCUT2D eigenvalue weighted by atomic mass is 9.92. The van der Waals surface area contributed by atoms with Crippen molar-refractivity contribution in [3.05, 3.63) is 30.1 Å². The smallest absolute Gasteiger partial charge is 0.123 e. The molecule has 2 nitrogen and oxygen atoms in total. The first kappa shape index (κ1) is 14.0. The number of hydrogen-bond donors (Lipinski definition) is 2. The molecule has 0 heterocycles. The molecule has 0 saturated heterocycles. The second-order valence-electron chi connectivity index (χ2n) is 5.28. The van der Waals surface area contributed by atoms with Crippen molar-refractivity contribution in [3.8, 4) is 0 Å². The first-order chi connectivity index (χ1) is 7.95. The molecule has 0 aliphatic carbocycles. The van der Waals surface area contributed by atoms with Crippen LogP contribution in [0.5, 0.6) is 0 Å². The number of rotatable bonds is 6. The van der Waals surface area contributed by atoms with E-state index in [1.54, 1.807) is 12.1 Å². The zero-order valence-corrected chi connectivity index (χ0v) is 10.8. The maximum Gasteiger partial charge on any atom is 0.123 e. The Hall–Kier alpha value is -1.09. The highest BCUT2D eigenvalue weighted by atomic mass is 19.1. The van der Waals surface area contributed by atoms with Gasteiger partial charge in [-0.25, -0.2) is 4.39 Å². The van der Waals surface area contributed by atoms with Gasteiger partial charge in [-0.05, 0) is 49.9 Å². The summed E-state index contributed by atoms with van der Waals surface area (Å²) in [6.45, 7) is 6.38. The van der Waals surface area contributed by atoms with Gasteiger partial charge in [0.15, 0.2) is 0 Å². The minimum Gasteiger partial charge on any atom is -0.394 e. The number of hydrogen-bond acceptors (Lipinski definition) is 2. The molecular formula is C14H22FNO. The molecule has 1 rings (SSSR count). The van der Waals surface area contributed by atoms with Crippen LogP contribution < -0.4 is 5.32 Å². The fraction of sp³-hybridized carbons (Fsp3) is 0.571. The molecule has 1 aromatic carbocycles. The van der Waals surface area contributed by atoms with Gasteiger partial charge < -0.3 is 10.4 Å². The third-order valence-electron chi connectivity index (χ3n) is 2.91. The Morgan fingerprint density at radius 1 is 1.29 bits per heavy atom. The van der Waals surface area contributed by atoms with E-state index in [9.17, 15) is 9.50 Å². The molecule has 1 unspecified atom stereocenters. The molecule has 1 atom stereocenters. The minimum atomic E-state index is -0.345. The molecule has 2 N–H and O–H groups in total. The van der Waals surface area contributed by atoms with Crippen LogP contribution in [-0.4, -0.2) is 17.3 Å². The van der Waals surface area contributed by atoms with Gasteiger partial charge in [-0.15, -0.1) is 0 Å². The Morgan fingerprint density at radius 2 is 1.88 bits per heavy atom. The lowest BCUT2D eigenvalue weighted by Crippen LogP contribution is -2.39. The molecule has 0 bridgehead atoms. The van der Waals surface area contributed by atoms with E-state index < -0.39 is 0 Å². The van der Waals surface area contributed by atoms with Crippen molar-refractivity contribution in [1.82, 2.24) is 0 Å². The maximum atomic E-state index is 12.8. The summed E-state index contributed by atoms with van der Waals surface area (Å²) in [6, 6.07) is 6.22. The zero-order chi connectivity index (χ0) is 12.9. The van der Waals surface area contributed by atoms with Crippen LogP contribution >= 0.6 is 0 Å². The van der Waals surface area contributed by atoms with Gasteiger partial charge in [0.05, 0.1) is 12.1 Å². The highest BCUT2D eigenvalue weighted by molar-refractivity contribution is 5.45. The molecule has 3 heteroatoms. The highest BCUT2D eigenvalue weighted by Crippen LogP contribution is 2.22. The first-order valence-electron chi connectivity index (χ1n) is 6.10. The Kier molecular flexibility index (Phi) is 4.94. The standard InChI is InChI=1S/C14H22FNO/c1-11(2)8-9-14(3,10-17)16-13-6-4-12(15)5-7-13/h4-7,11,16-17H,8-10H2,1-3H3. The van der Waals surface area contributed by atoms with Crippen LogP contribution in [0.4, 0.5) is 10.1 Å². The number of benzene rings is 1. The van der Waals surface area contributed by atoms with E-state index in [0.29, 0.717) is 5.92 Å². The van der Waals surface area contributed by atoms with Crippen LogP contribution in [0.3, 0.4) is 0 Å². The lowest BCUT2D eigenvalue weighted by molar-refractivity contribution is 0.208. The van der Waals surface area contributed by atoms with Gasteiger partial charge in [0.1, 0.15) is 5.82 Å². The molecule has 1 aromatic rings. The van der Waals surface area contributed by atoms with Gasteiger partial charge in [0, 0.05) is 5.69 Å². The monoisotopic (exact) mass is 239 g/mol. The van der Waals surface area contributed by atoms with Crippen LogP contribution in [0.25, 0.3) is 0 Å². The molecular weight excluding hydrogens is 217 g/mol. The van der Waals surface area contributed by atoms with Crippen molar-refractivity contribution in [2.75, 3.05) is 11.9 Å². The summed E-state index contributed by atoms with van der Waals surface area (Å²) in [4.78, 5) is 0.